The summed E-state index contributed by atoms with van der Waals surface area (Å²) < 4.78 is 13.9. The van der Waals surface area contributed by atoms with E-state index in [1.807, 2.05) is 13.2 Å². The Morgan fingerprint density at radius 2 is 2.31 bits per heavy atom. The van der Waals surface area contributed by atoms with Crippen molar-refractivity contribution >= 4 is 33.6 Å². The van der Waals surface area contributed by atoms with Crippen molar-refractivity contribution in [2.75, 3.05) is 12.0 Å². The molecule has 16 heavy (non-hydrogen) atoms. The fourth-order valence-corrected chi connectivity index (χ4v) is 2.41. The number of nitrogens with one attached hydrogen (secondary N) is 1. The molecule has 0 saturated carbocycles. The summed E-state index contributed by atoms with van der Waals surface area (Å²) in [6, 6.07) is 4.51. The lowest BCUT2D eigenvalue weighted by Crippen LogP contribution is -2.34. The van der Waals surface area contributed by atoms with Crippen molar-refractivity contribution in [1.29, 1.82) is 0 Å². The molecule has 0 aliphatic heterocycles. The van der Waals surface area contributed by atoms with E-state index in [0.717, 1.165) is 5.75 Å². The fourth-order valence-electron chi connectivity index (χ4n) is 1.30. The molecule has 0 aliphatic carbocycles. The molecule has 1 N–H and O–H groups in total. The monoisotopic (exact) mass is 305 g/mol. The van der Waals surface area contributed by atoms with Gasteiger partial charge < -0.3 is 5.32 Å². The standard InChI is InChI=1S/C11H13BrFNOS/c1-7(6-16-2)14-11(15)10-8(12)4-3-5-9(10)13/h3-5,7H,6H2,1-2H3,(H,14,15). The summed E-state index contributed by atoms with van der Waals surface area (Å²) in [4.78, 5) is 11.8. The van der Waals surface area contributed by atoms with Gasteiger partial charge >= 0.3 is 0 Å². The van der Waals surface area contributed by atoms with Gasteiger partial charge in [0.05, 0.1) is 5.56 Å². The van der Waals surface area contributed by atoms with Crippen LogP contribution in [0.5, 0.6) is 0 Å². The van der Waals surface area contributed by atoms with Crippen LogP contribution in [-0.4, -0.2) is 24.0 Å². The average molecular weight is 306 g/mol. The van der Waals surface area contributed by atoms with Crippen molar-refractivity contribution in [3.63, 3.8) is 0 Å². The predicted molar refractivity (Wildman–Crippen MR) is 69.4 cm³/mol. The molecule has 0 saturated heterocycles. The van der Waals surface area contributed by atoms with Crippen LogP contribution >= 0.6 is 27.7 Å². The first-order valence-corrected chi connectivity index (χ1v) is 6.98. The molecule has 2 nitrogen and oxygen atoms in total. The highest BCUT2D eigenvalue weighted by atomic mass is 79.9. The number of hydrogen-bond acceptors (Lipinski definition) is 2. The van der Waals surface area contributed by atoms with E-state index >= 15 is 0 Å². The number of thioether (sulfide) groups is 1. The van der Waals surface area contributed by atoms with Crippen molar-refractivity contribution in [1.82, 2.24) is 5.32 Å². The van der Waals surface area contributed by atoms with Crippen molar-refractivity contribution in [2.24, 2.45) is 0 Å². The molecule has 88 valence electrons. The van der Waals surface area contributed by atoms with Crippen LogP contribution in [0.4, 0.5) is 4.39 Å². The maximum absolute atomic E-state index is 13.4. The van der Waals surface area contributed by atoms with Crippen molar-refractivity contribution in [3.8, 4) is 0 Å². The predicted octanol–water partition coefficient (Wildman–Crippen LogP) is 3.07. The quantitative estimate of drug-likeness (QED) is 0.926. The number of benzene rings is 1. The molecule has 1 amide bonds. The Kier molecular flexibility index (Phi) is 5.28. The third-order valence-electron chi connectivity index (χ3n) is 1.98. The molecule has 5 heteroatoms. The van der Waals surface area contributed by atoms with Crippen LogP contribution in [-0.2, 0) is 0 Å². The van der Waals surface area contributed by atoms with E-state index in [0.29, 0.717) is 4.47 Å². The summed E-state index contributed by atoms with van der Waals surface area (Å²) in [7, 11) is 0. The number of rotatable bonds is 4. The lowest BCUT2D eigenvalue weighted by molar-refractivity contribution is 0.0939. The average Bonchev–Trinajstić information content (AvgIpc) is 2.17. The lowest BCUT2D eigenvalue weighted by atomic mass is 10.2. The maximum Gasteiger partial charge on any atom is 0.255 e. The van der Waals surface area contributed by atoms with Gasteiger partial charge in [-0.1, -0.05) is 6.07 Å². The van der Waals surface area contributed by atoms with Crippen LogP contribution in [0.25, 0.3) is 0 Å². The minimum Gasteiger partial charge on any atom is -0.349 e. The third-order valence-corrected chi connectivity index (χ3v) is 3.48. The van der Waals surface area contributed by atoms with E-state index in [1.54, 1.807) is 23.9 Å². The zero-order valence-electron chi connectivity index (χ0n) is 9.09. The van der Waals surface area contributed by atoms with Crippen LogP contribution in [0.15, 0.2) is 22.7 Å². The molecule has 0 aliphatic rings. The van der Waals surface area contributed by atoms with Crippen LogP contribution in [0.1, 0.15) is 17.3 Å². The van der Waals surface area contributed by atoms with Gasteiger partial charge in [-0.25, -0.2) is 4.39 Å². The molecule has 1 rings (SSSR count). The third kappa shape index (κ3) is 3.49. The van der Waals surface area contributed by atoms with Gasteiger partial charge in [-0.05, 0) is 41.2 Å². The number of amides is 1. The summed E-state index contributed by atoms with van der Waals surface area (Å²) in [5.41, 5.74) is 0.0652. The summed E-state index contributed by atoms with van der Waals surface area (Å²) in [5, 5.41) is 2.75. The Morgan fingerprint density at radius 3 is 2.88 bits per heavy atom. The van der Waals surface area contributed by atoms with E-state index in [2.05, 4.69) is 21.2 Å². The lowest BCUT2D eigenvalue weighted by Gasteiger charge is -2.13. The first-order valence-electron chi connectivity index (χ1n) is 4.80. The minimum atomic E-state index is -0.511. The second-order valence-electron chi connectivity index (χ2n) is 3.43. The van der Waals surface area contributed by atoms with Gasteiger partial charge in [0.1, 0.15) is 5.82 Å². The summed E-state index contributed by atoms with van der Waals surface area (Å²) in [5.74, 6) is -0.0904. The van der Waals surface area contributed by atoms with Crippen LogP contribution < -0.4 is 5.32 Å². The second kappa shape index (κ2) is 6.25. The Bertz CT molecular complexity index is 366. The number of halogens is 2. The molecule has 1 unspecified atom stereocenters. The van der Waals surface area contributed by atoms with E-state index in [1.165, 1.54) is 6.07 Å². The van der Waals surface area contributed by atoms with Crippen molar-refractivity contribution < 1.29 is 9.18 Å². The van der Waals surface area contributed by atoms with Gasteiger partial charge in [-0.2, -0.15) is 11.8 Å². The maximum atomic E-state index is 13.4. The zero-order valence-corrected chi connectivity index (χ0v) is 11.5. The summed E-state index contributed by atoms with van der Waals surface area (Å²) >= 11 is 4.81. The van der Waals surface area contributed by atoms with Crippen molar-refractivity contribution in [2.45, 2.75) is 13.0 Å². The first-order chi connectivity index (χ1) is 7.56. The largest absolute Gasteiger partial charge is 0.349 e. The highest BCUT2D eigenvalue weighted by molar-refractivity contribution is 9.10. The first kappa shape index (κ1) is 13.5. The summed E-state index contributed by atoms with van der Waals surface area (Å²) in [6.45, 7) is 1.89. The van der Waals surface area contributed by atoms with E-state index in [4.69, 9.17) is 0 Å². The molecule has 1 atom stereocenters. The van der Waals surface area contributed by atoms with Crippen LogP contribution in [0, 0.1) is 5.82 Å². The normalized spacial score (nSPS) is 12.2. The van der Waals surface area contributed by atoms with Gasteiger partial charge in [-0.3, -0.25) is 4.79 Å². The molecule has 0 spiro atoms. The van der Waals surface area contributed by atoms with Crippen LogP contribution in [0.3, 0.4) is 0 Å². The molecule has 1 aromatic carbocycles. The Balaban J connectivity index is 2.80. The second-order valence-corrected chi connectivity index (χ2v) is 5.19. The molecule has 0 radical (unpaired) electrons. The van der Waals surface area contributed by atoms with E-state index in [-0.39, 0.29) is 17.5 Å². The topological polar surface area (TPSA) is 29.1 Å². The Morgan fingerprint density at radius 1 is 1.62 bits per heavy atom. The van der Waals surface area contributed by atoms with Gasteiger partial charge in [0.2, 0.25) is 0 Å². The van der Waals surface area contributed by atoms with Gasteiger partial charge in [0.25, 0.3) is 5.91 Å². The highest BCUT2D eigenvalue weighted by Gasteiger charge is 2.16. The number of carbonyl (C=O) groups is 1. The van der Waals surface area contributed by atoms with Gasteiger partial charge in [-0.15, -0.1) is 0 Å². The SMILES string of the molecule is CSCC(C)NC(=O)c1c(F)cccc1Br. The highest BCUT2D eigenvalue weighted by Crippen LogP contribution is 2.19. The molecule has 0 heterocycles. The van der Waals surface area contributed by atoms with E-state index < -0.39 is 5.82 Å². The zero-order chi connectivity index (χ0) is 12.1. The Hall–Kier alpha value is -0.550. The fraction of sp³-hybridized carbons (Fsp3) is 0.364. The van der Waals surface area contributed by atoms with Crippen LogP contribution in [0.2, 0.25) is 0 Å². The Labute approximate surface area is 107 Å². The smallest absolute Gasteiger partial charge is 0.255 e. The van der Waals surface area contributed by atoms with E-state index in [9.17, 15) is 9.18 Å². The molecular weight excluding hydrogens is 293 g/mol. The van der Waals surface area contributed by atoms with Crippen molar-refractivity contribution in [3.05, 3.63) is 34.1 Å². The molecule has 0 aromatic heterocycles. The van der Waals surface area contributed by atoms with Gasteiger partial charge in [0.15, 0.2) is 0 Å². The summed E-state index contributed by atoms with van der Waals surface area (Å²) in [6.07, 6.45) is 1.96. The molecule has 1 aromatic rings. The number of hydrogen-bond donors (Lipinski definition) is 1. The van der Waals surface area contributed by atoms with Gasteiger partial charge in [0, 0.05) is 16.3 Å². The minimum absolute atomic E-state index is 0.0222. The molecular formula is C11H13BrFNOS. The molecule has 0 fully saturated rings. The number of carbonyl (C=O) groups excluding carboxylic acids is 1. The molecule has 0 bridgehead atoms.